The van der Waals surface area contributed by atoms with E-state index in [4.69, 9.17) is 27.9 Å². The van der Waals surface area contributed by atoms with Crippen molar-refractivity contribution in [3.8, 4) is 0 Å². The van der Waals surface area contributed by atoms with Gasteiger partial charge in [-0.05, 0) is 35.9 Å². The average molecular weight is 375 g/mol. The first-order valence-corrected chi connectivity index (χ1v) is 8.06. The second-order valence-electron chi connectivity index (χ2n) is 5.14. The van der Waals surface area contributed by atoms with Crippen LogP contribution in [0, 0.1) is 0 Å². The topological polar surface area (TPSA) is 72.0 Å². The van der Waals surface area contributed by atoms with E-state index in [0.29, 0.717) is 26.5 Å². The van der Waals surface area contributed by atoms with Crippen LogP contribution in [-0.4, -0.2) is 15.9 Å². The normalized spacial score (nSPS) is 11.1. The first kappa shape index (κ1) is 17.2. The minimum Gasteiger partial charge on any atom is -0.454 e. The summed E-state index contributed by atoms with van der Waals surface area (Å²) in [4.78, 5) is 30.6. The Morgan fingerprint density at radius 3 is 2.76 bits per heavy atom. The first-order chi connectivity index (χ1) is 12.0. The molecule has 3 aromatic rings. The molecule has 1 aromatic heterocycles. The van der Waals surface area contributed by atoms with E-state index < -0.39 is 5.97 Å². The highest BCUT2D eigenvalue weighted by Crippen LogP contribution is 2.23. The number of halogens is 2. The number of carbonyl (C=O) groups excluding carboxylic acids is 1. The maximum atomic E-state index is 11.9. The number of ether oxygens (including phenoxy) is 1. The van der Waals surface area contributed by atoms with Gasteiger partial charge in [0.05, 0.1) is 20.9 Å². The van der Waals surface area contributed by atoms with Crippen molar-refractivity contribution in [2.45, 2.75) is 6.61 Å². The number of hydrogen-bond donors (Lipinski definition) is 1. The highest BCUT2D eigenvalue weighted by Gasteiger charge is 2.05. The summed E-state index contributed by atoms with van der Waals surface area (Å²) >= 11 is 11.7. The summed E-state index contributed by atoms with van der Waals surface area (Å²) < 4.78 is 5.09. The molecule has 1 heterocycles. The fourth-order valence-corrected chi connectivity index (χ4v) is 2.48. The van der Waals surface area contributed by atoms with Gasteiger partial charge < -0.3 is 9.72 Å². The van der Waals surface area contributed by atoms with Crippen molar-refractivity contribution >= 4 is 46.2 Å². The summed E-state index contributed by atoms with van der Waals surface area (Å²) in [6, 6.07) is 11.9. The Balaban J connectivity index is 1.67. The first-order valence-electron chi connectivity index (χ1n) is 7.31. The molecular weight excluding hydrogens is 363 g/mol. The number of rotatable bonds is 4. The van der Waals surface area contributed by atoms with Crippen LogP contribution in [0.5, 0.6) is 0 Å². The SMILES string of the molecule is O=C(/C=C/c1ccc(Cl)c(Cl)c1)OCc1nc2ccccc2c(=O)[nH]1. The zero-order valence-electron chi connectivity index (χ0n) is 12.8. The standard InChI is InChI=1S/C18H12Cl2N2O3/c19-13-7-5-11(9-14(13)20)6-8-17(23)25-10-16-21-15-4-2-1-3-12(15)18(24)22-16/h1-9H,10H2,(H,21,22,24)/b8-6+. The van der Waals surface area contributed by atoms with Gasteiger partial charge in [-0.1, -0.05) is 41.4 Å². The van der Waals surface area contributed by atoms with Crippen LogP contribution < -0.4 is 5.56 Å². The maximum absolute atomic E-state index is 11.9. The lowest BCUT2D eigenvalue weighted by molar-refractivity contribution is -0.139. The third-order valence-corrected chi connectivity index (χ3v) is 4.11. The van der Waals surface area contributed by atoms with Gasteiger partial charge in [0.2, 0.25) is 0 Å². The Labute approximate surface area is 152 Å². The summed E-state index contributed by atoms with van der Waals surface area (Å²) in [5.74, 6) is -0.290. The maximum Gasteiger partial charge on any atom is 0.331 e. The van der Waals surface area contributed by atoms with Crippen LogP contribution in [0.3, 0.4) is 0 Å². The molecule has 0 aliphatic rings. The number of hydrogen-bond acceptors (Lipinski definition) is 4. The van der Waals surface area contributed by atoms with Gasteiger partial charge in [0.15, 0.2) is 0 Å². The predicted molar refractivity (Wildman–Crippen MR) is 97.7 cm³/mol. The second-order valence-corrected chi connectivity index (χ2v) is 5.96. The molecule has 0 fully saturated rings. The van der Waals surface area contributed by atoms with E-state index >= 15 is 0 Å². The Kier molecular flexibility index (Phi) is 5.16. The molecule has 5 nitrogen and oxygen atoms in total. The van der Waals surface area contributed by atoms with Gasteiger partial charge in [0.25, 0.3) is 5.56 Å². The number of nitrogens with one attached hydrogen (secondary N) is 1. The second kappa shape index (κ2) is 7.51. The van der Waals surface area contributed by atoms with Crippen molar-refractivity contribution < 1.29 is 9.53 Å². The van der Waals surface area contributed by atoms with E-state index in [9.17, 15) is 9.59 Å². The number of para-hydroxylation sites is 1. The lowest BCUT2D eigenvalue weighted by atomic mass is 10.2. The van der Waals surface area contributed by atoms with Crippen molar-refractivity contribution in [3.63, 3.8) is 0 Å². The van der Waals surface area contributed by atoms with Crippen LogP contribution in [0.1, 0.15) is 11.4 Å². The average Bonchev–Trinajstić information content (AvgIpc) is 2.61. The molecule has 25 heavy (non-hydrogen) atoms. The zero-order valence-corrected chi connectivity index (χ0v) is 14.3. The van der Waals surface area contributed by atoms with Gasteiger partial charge in [-0.15, -0.1) is 0 Å². The highest BCUT2D eigenvalue weighted by molar-refractivity contribution is 6.42. The van der Waals surface area contributed by atoms with Crippen LogP contribution in [0.15, 0.2) is 53.3 Å². The van der Waals surface area contributed by atoms with Crippen molar-refractivity contribution in [3.05, 3.63) is 80.3 Å². The number of esters is 1. The molecule has 0 atom stereocenters. The summed E-state index contributed by atoms with van der Waals surface area (Å²) in [5.41, 5.74) is 0.982. The molecule has 0 spiro atoms. The number of fused-ring (bicyclic) bond motifs is 1. The number of nitrogens with zero attached hydrogens (tertiary/aromatic N) is 1. The van der Waals surface area contributed by atoms with Crippen molar-refractivity contribution in [2.24, 2.45) is 0 Å². The largest absolute Gasteiger partial charge is 0.454 e. The van der Waals surface area contributed by atoms with Gasteiger partial charge in [-0.25, -0.2) is 9.78 Å². The fourth-order valence-electron chi connectivity index (χ4n) is 2.17. The highest BCUT2D eigenvalue weighted by atomic mass is 35.5. The van der Waals surface area contributed by atoms with E-state index in [-0.39, 0.29) is 18.0 Å². The van der Waals surface area contributed by atoms with Crippen LogP contribution in [0.25, 0.3) is 17.0 Å². The molecular formula is C18H12Cl2N2O3. The van der Waals surface area contributed by atoms with E-state index in [0.717, 1.165) is 0 Å². The molecule has 0 saturated heterocycles. The summed E-state index contributed by atoms with van der Waals surface area (Å²) in [6.45, 7) is -0.134. The molecule has 0 bridgehead atoms. The number of benzene rings is 2. The monoisotopic (exact) mass is 374 g/mol. The Morgan fingerprint density at radius 1 is 1.16 bits per heavy atom. The van der Waals surface area contributed by atoms with Crippen LogP contribution in [0.4, 0.5) is 0 Å². The molecule has 0 saturated carbocycles. The molecule has 0 aliphatic carbocycles. The number of aromatic amines is 1. The molecule has 126 valence electrons. The quantitative estimate of drug-likeness (QED) is 0.553. The third kappa shape index (κ3) is 4.26. The minimum atomic E-state index is -0.568. The molecule has 1 N–H and O–H groups in total. The van der Waals surface area contributed by atoms with E-state index in [1.54, 1.807) is 48.5 Å². The van der Waals surface area contributed by atoms with Crippen LogP contribution in [-0.2, 0) is 16.1 Å². The molecule has 0 amide bonds. The van der Waals surface area contributed by atoms with Gasteiger partial charge in [-0.2, -0.15) is 0 Å². The van der Waals surface area contributed by atoms with E-state index in [1.807, 2.05) is 0 Å². The summed E-state index contributed by atoms with van der Waals surface area (Å²) in [5, 5.41) is 1.32. The van der Waals surface area contributed by atoms with Crippen molar-refractivity contribution in [2.75, 3.05) is 0 Å². The number of aromatic nitrogens is 2. The molecule has 7 heteroatoms. The van der Waals surface area contributed by atoms with Crippen molar-refractivity contribution in [1.29, 1.82) is 0 Å². The smallest absolute Gasteiger partial charge is 0.331 e. The van der Waals surface area contributed by atoms with Gasteiger partial charge in [0.1, 0.15) is 12.4 Å². The van der Waals surface area contributed by atoms with E-state index in [2.05, 4.69) is 9.97 Å². The van der Waals surface area contributed by atoms with Gasteiger partial charge in [-0.3, -0.25) is 4.79 Å². The van der Waals surface area contributed by atoms with Crippen molar-refractivity contribution in [1.82, 2.24) is 9.97 Å². The zero-order chi connectivity index (χ0) is 17.8. The lowest BCUT2D eigenvalue weighted by Gasteiger charge is -2.03. The summed E-state index contributed by atoms with van der Waals surface area (Å²) in [6.07, 6.45) is 2.82. The molecule has 0 radical (unpaired) electrons. The van der Waals surface area contributed by atoms with Gasteiger partial charge in [0, 0.05) is 6.08 Å². The van der Waals surface area contributed by atoms with Crippen LogP contribution >= 0.6 is 23.2 Å². The van der Waals surface area contributed by atoms with Gasteiger partial charge >= 0.3 is 5.97 Å². The number of H-pyrrole nitrogens is 1. The Hall–Kier alpha value is -2.63. The fraction of sp³-hybridized carbons (Fsp3) is 0.0556. The Morgan fingerprint density at radius 2 is 1.96 bits per heavy atom. The Bertz CT molecular complexity index is 1030. The lowest BCUT2D eigenvalue weighted by Crippen LogP contribution is -2.13. The molecule has 0 unspecified atom stereocenters. The molecule has 0 aliphatic heterocycles. The molecule has 3 rings (SSSR count). The van der Waals surface area contributed by atoms with E-state index in [1.165, 1.54) is 6.08 Å². The number of carbonyl (C=O) groups is 1. The summed E-state index contributed by atoms with van der Waals surface area (Å²) in [7, 11) is 0. The third-order valence-electron chi connectivity index (χ3n) is 3.37. The predicted octanol–water partition coefficient (Wildman–Crippen LogP) is 3.99. The van der Waals surface area contributed by atoms with Crippen LogP contribution in [0.2, 0.25) is 10.0 Å². The molecule has 2 aromatic carbocycles. The minimum absolute atomic E-state index is 0.134.